The Hall–Kier alpha value is -1.72. The molecule has 0 fully saturated rings. The molecule has 0 spiro atoms. The van der Waals surface area contributed by atoms with E-state index in [9.17, 15) is 13.6 Å². The fourth-order valence-corrected chi connectivity index (χ4v) is 0.651. The van der Waals surface area contributed by atoms with E-state index in [1.807, 2.05) is 5.32 Å². The zero-order chi connectivity index (χ0) is 9.14. The van der Waals surface area contributed by atoms with Crippen molar-refractivity contribution < 1.29 is 13.6 Å². The number of rotatable bonds is 2. The van der Waals surface area contributed by atoms with Crippen molar-refractivity contribution in [3.63, 3.8) is 0 Å². The maximum Gasteiger partial charge on any atom is 0.253 e. The quantitative estimate of drug-likeness (QED) is 0.505. The van der Waals surface area contributed by atoms with Crippen LogP contribution < -0.4 is 11.1 Å². The van der Waals surface area contributed by atoms with Gasteiger partial charge in [-0.15, -0.1) is 0 Å². The van der Waals surface area contributed by atoms with Crippen LogP contribution in [-0.2, 0) is 4.79 Å². The smallest absolute Gasteiger partial charge is 0.253 e. The van der Waals surface area contributed by atoms with Gasteiger partial charge in [-0.05, 0) is 0 Å². The number of anilines is 2. The third-order valence-corrected chi connectivity index (χ3v) is 1.15. The molecule has 0 bridgehead atoms. The largest absolute Gasteiger partial charge is 0.396 e. The average Bonchev–Trinajstić information content (AvgIpc) is 2.01. The monoisotopic (exact) mass is 173 g/mol. The van der Waals surface area contributed by atoms with Gasteiger partial charge in [-0.1, -0.05) is 0 Å². The molecule has 0 aliphatic heterocycles. The van der Waals surface area contributed by atoms with Crippen LogP contribution in [0.4, 0.5) is 20.3 Å². The van der Waals surface area contributed by atoms with Gasteiger partial charge in [0.05, 0.1) is 5.69 Å². The van der Waals surface area contributed by atoms with Gasteiger partial charge in [-0.2, -0.15) is 13.8 Å². The summed E-state index contributed by atoms with van der Waals surface area (Å²) in [6, 6.07) is 1.02. The van der Waals surface area contributed by atoms with Crippen molar-refractivity contribution in [3.05, 3.63) is 17.8 Å². The number of hydrogen-bond donors (Lipinski definition) is 2. The second-order valence-corrected chi connectivity index (χ2v) is 1.96. The van der Waals surface area contributed by atoms with Crippen molar-refractivity contribution in [3.8, 4) is 0 Å². The molecular formula is C6H5F2N3O. The van der Waals surface area contributed by atoms with E-state index >= 15 is 0 Å². The average molecular weight is 173 g/mol. The fourth-order valence-electron chi connectivity index (χ4n) is 0.651. The van der Waals surface area contributed by atoms with Crippen LogP contribution in [0.25, 0.3) is 0 Å². The molecule has 1 aromatic heterocycles. The molecule has 1 amide bonds. The van der Waals surface area contributed by atoms with Gasteiger partial charge in [0.2, 0.25) is 12.2 Å². The van der Waals surface area contributed by atoms with Crippen molar-refractivity contribution >= 4 is 17.9 Å². The Labute approximate surface area is 66.4 Å². The minimum Gasteiger partial charge on any atom is -0.396 e. The maximum atomic E-state index is 12.5. The summed E-state index contributed by atoms with van der Waals surface area (Å²) >= 11 is 0. The number of nitrogen functional groups attached to an aromatic ring is 1. The number of amides is 1. The second-order valence-electron chi connectivity index (χ2n) is 1.96. The molecule has 0 aliphatic carbocycles. The van der Waals surface area contributed by atoms with Gasteiger partial charge in [-0.3, -0.25) is 4.79 Å². The highest BCUT2D eigenvalue weighted by Gasteiger charge is 2.08. The molecule has 1 aromatic rings. The summed E-state index contributed by atoms with van der Waals surface area (Å²) in [5.41, 5.74) is 4.64. The molecule has 4 nitrogen and oxygen atoms in total. The molecule has 64 valence electrons. The second kappa shape index (κ2) is 3.12. The Balaban J connectivity index is 3.11. The van der Waals surface area contributed by atoms with Crippen LogP contribution in [0.2, 0.25) is 0 Å². The molecule has 0 atom stereocenters. The summed E-state index contributed by atoms with van der Waals surface area (Å²) in [5.74, 6) is -2.67. The van der Waals surface area contributed by atoms with Crippen LogP contribution in [0.3, 0.4) is 0 Å². The lowest BCUT2D eigenvalue weighted by atomic mass is 10.4. The van der Waals surface area contributed by atoms with Gasteiger partial charge in [-0.25, -0.2) is 0 Å². The fraction of sp³-hybridized carbons (Fsp3) is 0. The predicted octanol–water partition coefficient (Wildman–Crippen LogP) is 0.510. The molecule has 0 saturated heterocycles. The van der Waals surface area contributed by atoms with Crippen molar-refractivity contribution in [1.29, 1.82) is 0 Å². The highest BCUT2D eigenvalue weighted by molar-refractivity contribution is 5.70. The Morgan fingerprint density at radius 3 is 2.75 bits per heavy atom. The van der Waals surface area contributed by atoms with Crippen LogP contribution in [0.1, 0.15) is 0 Å². The number of pyridine rings is 1. The number of carbonyl (C=O) groups excluding carboxylic acids is 1. The Morgan fingerprint density at radius 2 is 2.25 bits per heavy atom. The summed E-state index contributed by atoms with van der Waals surface area (Å²) in [6.45, 7) is 0. The molecule has 1 rings (SSSR count). The maximum absolute atomic E-state index is 12.5. The van der Waals surface area contributed by atoms with Crippen LogP contribution in [0, 0.1) is 11.8 Å². The molecule has 12 heavy (non-hydrogen) atoms. The number of halogens is 2. The van der Waals surface area contributed by atoms with Crippen molar-refractivity contribution in [2.24, 2.45) is 0 Å². The van der Waals surface area contributed by atoms with Gasteiger partial charge in [0.1, 0.15) is 5.82 Å². The van der Waals surface area contributed by atoms with Crippen LogP contribution in [0.15, 0.2) is 6.07 Å². The number of nitrogens with one attached hydrogen (secondary N) is 1. The number of hydrogen-bond acceptors (Lipinski definition) is 3. The van der Waals surface area contributed by atoms with Gasteiger partial charge >= 0.3 is 0 Å². The molecule has 0 saturated carbocycles. The van der Waals surface area contributed by atoms with Gasteiger partial charge in [0, 0.05) is 6.07 Å². The van der Waals surface area contributed by atoms with Gasteiger partial charge in [0.25, 0.3) is 5.95 Å². The number of aromatic nitrogens is 1. The molecule has 6 heteroatoms. The van der Waals surface area contributed by atoms with Gasteiger partial charge < -0.3 is 11.1 Å². The predicted molar refractivity (Wildman–Crippen MR) is 38.3 cm³/mol. The molecule has 0 radical (unpaired) electrons. The first-order valence-corrected chi connectivity index (χ1v) is 2.97. The van der Waals surface area contributed by atoms with E-state index in [0.717, 1.165) is 6.07 Å². The number of nitrogens with two attached hydrogens (primary N) is 1. The van der Waals surface area contributed by atoms with Crippen molar-refractivity contribution in [1.82, 2.24) is 4.98 Å². The first-order chi connectivity index (χ1) is 5.65. The van der Waals surface area contributed by atoms with E-state index in [-0.39, 0.29) is 5.82 Å². The lowest BCUT2D eigenvalue weighted by molar-refractivity contribution is -0.105. The normalized spacial score (nSPS) is 9.50. The SMILES string of the molecule is Nc1cc(NC=O)nc(F)c1F. The number of nitrogens with zero attached hydrogens (tertiary/aromatic N) is 1. The van der Waals surface area contributed by atoms with Crippen LogP contribution >= 0.6 is 0 Å². The highest BCUT2D eigenvalue weighted by atomic mass is 19.2. The summed E-state index contributed by atoms with van der Waals surface area (Å²) in [4.78, 5) is 12.9. The highest BCUT2D eigenvalue weighted by Crippen LogP contribution is 2.15. The van der Waals surface area contributed by atoms with Crippen molar-refractivity contribution in [2.75, 3.05) is 11.1 Å². The molecule has 0 aliphatic rings. The Morgan fingerprint density at radius 1 is 1.58 bits per heavy atom. The summed E-state index contributed by atoms with van der Waals surface area (Å²) in [7, 11) is 0. The topological polar surface area (TPSA) is 68.0 Å². The Bertz CT molecular complexity index is 293. The third-order valence-electron chi connectivity index (χ3n) is 1.15. The van der Waals surface area contributed by atoms with Crippen molar-refractivity contribution in [2.45, 2.75) is 0 Å². The zero-order valence-electron chi connectivity index (χ0n) is 5.84. The third kappa shape index (κ3) is 1.47. The van der Waals surface area contributed by atoms with Crippen LogP contribution in [0.5, 0.6) is 0 Å². The first kappa shape index (κ1) is 8.38. The lowest BCUT2D eigenvalue weighted by Gasteiger charge is -2.00. The van der Waals surface area contributed by atoms with Crippen LogP contribution in [-0.4, -0.2) is 11.4 Å². The minimum atomic E-state index is -1.33. The molecule has 1 heterocycles. The van der Waals surface area contributed by atoms with E-state index in [1.54, 1.807) is 0 Å². The van der Waals surface area contributed by atoms with E-state index in [2.05, 4.69) is 4.98 Å². The van der Waals surface area contributed by atoms with Gasteiger partial charge in [0.15, 0.2) is 0 Å². The molecular weight excluding hydrogens is 168 g/mol. The molecule has 0 aromatic carbocycles. The lowest BCUT2D eigenvalue weighted by Crippen LogP contribution is -2.03. The Kier molecular flexibility index (Phi) is 2.18. The van der Waals surface area contributed by atoms with E-state index in [0.29, 0.717) is 6.41 Å². The first-order valence-electron chi connectivity index (χ1n) is 2.97. The van der Waals surface area contributed by atoms with E-state index in [4.69, 9.17) is 5.73 Å². The molecule has 3 N–H and O–H groups in total. The minimum absolute atomic E-state index is 0.124. The van der Waals surface area contributed by atoms with E-state index in [1.165, 1.54) is 0 Å². The zero-order valence-corrected chi connectivity index (χ0v) is 5.84. The summed E-state index contributed by atoms with van der Waals surface area (Å²) < 4.78 is 24.9. The molecule has 0 unspecified atom stereocenters. The summed E-state index contributed by atoms with van der Waals surface area (Å²) in [5, 5.41) is 2.04. The number of carbonyl (C=O) groups is 1. The van der Waals surface area contributed by atoms with E-state index < -0.39 is 17.5 Å². The standard InChI is InChI=1S/C6H5F2N3O/c7-5-3(9)1-4(10-2-12)11-6(5)8/h1-2H,(H3,9,10,11,12). The summed E-state index contributed by atoms with van der Waals surface area (Å²) in [6.07, 6.45) is 0.291.